The van der Waals surface area contributed by atoms with E-state index in [-0.39, 0.29) is 11.5 Å². The molecule has 0 aromatic rings. The van der Waals surface area contributed by atoms with Crippen molar-refractivity contribution in [3.05, 3.63) is 0 Å². The van der Waals surface area contributed by atoms with Gasteiger partial charge in [0.2, 0.25) is 5.91 Å². The topological polar surface area (TPSA) is 74.8 Å². The van der Waals surface area contributed by atoms with E-state index in [4.69, 9.17) is 4.74 Å². The number of nitrogens with one attached hydrogen (secondary N) is 3. The van der Waals surface area contributed by atoms with Crippen LogP contribution in [0.5, 0.6) is 0 Å². The normalized spacial score (nSPS) is 22.5. The summed E-state index contributed by atoms with van der Waals surface area (Å²) in [7, 11) is 0. The van der Waals surface area contributed by atoms with Crippen LogP contribution in [0.15, 0.2) is 4.99 Å². The minimum absolute atomic E-state index is 0.0284. The van der Waals surface area contributed by atoms with Crippen molar-refractivity contribution in [1.82, 2.24) is 16.0 Å². The predicted octanol–water partition coefficient (Wildman–Crippen LogP) is 1.27. The smallest absolute Gasteiger partial charge is 0.227 e. The van der Waals surface area contributed by atoms with Crippen molar-refractivity contribution in [2.45, 2.75) is 53.1 Å². The number of ether oxygens (including phenoxy) is 1. The third-order valence-corrected chi connectivity index (χ3v) is 3.86. The van der Waals surface area contributed by atoms with Crippen molar-refractivity contribution >= 4 is 11.9 Å². The van der Waals surface area contributed by atoms with E-state index in [9.17, 15) is 4.79 Å². The van der Waals surface area contributed by atoms with E-state index in [1.807, 2.05) is 27.7 Å². The van der Waals surface area contributed by atoms with Crippen molar-refractivity contribution in [2.75, 3.05) is 32.8 Å². The first-order chi connectivity index (χ1) is 10.3. The number of rotatable bonds is 7. The molecule has 1 unspecified atom stereocenters. The van der Waals surface area contributed by atoms with Crippen LogP contribution < -0.4 is 16.0 Å². The fraction of sp³-hybridized carbons (Fsp3) is 0.875. The van der Waals surface area contributed by atoms with Crippen LogP contribution in [0, 0.1) is 5.41 Å². The van der Waals surface area contributed by atoms with Gasteiger partial charge in [-0.15, -0.1) is 0 Å². The van der Waals surface area contributed by atoms with Crippen molar-refractivity contribution < 1.29 is 9.53 Å². The van der Waals surface area contributed by atoms with E-state index in [0.717, 1.165) is 38.5 Å². The van der Waals surface area contributed by atoms with Crippen LogP contribution in [0.25, 0.3) is 0 Å². The summed E-state index contributed by atoms with van der Waals surface area (Å²) in [5.41, 5.74) is -0.641. The van der Waals surface area contributed by atoms with Gasteiger partial charge in [-0.25, -0.2) is 0 Å². The fourth-order valence-corrected chi connectivity index (χ4v) is 2.34. The molecule has 6 nitrogen and oxygen atoms in total. The van der Waals surface area contributed by atoms with Gasteiger partial charge in [0.1, 0.15) is 0 Å². The van der Waals surface area contributed by atoms with E-state index in [1.54, 1.807) is 0 Å². The Morgan fingerprint density at radius 2 is 1.91 bits per heavy atom. The maximum absolute atomic E-state index is 12.0. The van der Waals surface area contributed by atoms with Gasteiger partial charge in [-0.3, -0.25) is 9.79 Å². The third kappa shape index (κ3) is 5.83. The van der Waals surface area contributed by atoms with Crippen LogP contribution >= 0.6 is 0 Å². The Bertz CT molecular complexity index is 388. The molecule has 1 aliphatic rings. The van der Waals surface area contributed by atoms with Crippen molar-refractivity contribution in [2.24, 2.45) is 10.4 Å². The average Bonchev–Trinajstić information content (AvgIpc) is 2.89. The van der Waals surface area contributed by atoms with Gasteiger partial charge in [0.15, 0.2) is 5.96 Å². The maximum Gasteiger partial charge on any atom is 0.227 e. The second-order valence-corrected chi connectivity index (χ2v) is 6.69. The molecule has 1 heterocycles. The lowest BCUT2D eigenvalue weighted by atomic mass is 9.92. The molecule has 0 aliphatic carbocycles. The van der Waals surface area contributed by atoms with Gasteiger partial charge in [-0.2, -0.15) is 0 Å². The van der Waals surface area contributed by atoms with Crippen LogP contribution in [0.4, 0.5) is 0 Å². The molecular weight excluding hydrogens is 280 g/mol. The summed E-state index contributed by atoms with van der Waals surface area (Å²) in [5, 5.41) is 9.40. The summed E-state index contributed by atoms with van der Waals surface area (Å²) < 4.78 is 5.78. The number of nitrogens with zero attached hydrogens (tertiary/aromatic N) is 1. The zero-order valence-corrected chi connectivity index (χ0v) is 14.7. The number of guanidine groups is 1. The Labute approximate surface area is 134 Å². The highest BCUT2D eigenvalue weighted by atomic mass is 16.5. The van der Waals surface area contributed by atoms with Crippen molar-refractivity contribution in [3.8, 4) is 0 Å². The fourth-order valence-electron chi connectivity index (χ4n) is 2.34. The Kier molecular flexibility index (Phi) is 7.13. The molecule has 1 aliphatic heterocycles. The van der Waals surface area contributed by atoms with Gasteiger partial charge in [-0.05, 0) is 47.5 Å². The molecule has 1 rings (SSSR count). The van der Waals surface area contributed by atoms with Crippen LogP contribution in [-0.2, 0) is 9.53 Å². The van der Waals surface area contributed by atoms with Gasteiger partial charge in [0, 0.05) is 26.2 Å². The lowest BCUT2D eigenvalue weighted by Crippen LogP contribution is -2.46. The van der Waals surface area contributed by atoms with Gasteiger partial charge in [0.05, 0.1) is 17.6 Å². The molecule has 0 aromatic heterocycles. The molecule has 0 saturated carbocycles. The first-order valence-corrected chi connectivity index (χ1v) is 8.27. The van der Waals surface area contributed by atoms with Crippen molar-refractivity contribution in [3.63, 3.8) is 0 Å². The summed E-state index contributed by atoms with van der Waals surface area (Å²) >= 11 is 0. The van der Waals surface area contributed by atoms with Gasteiger partial charge >= 0.3 is 0 Å². The SMILES string of the molecule is CCNC(=O)C(C)(C)CN=C(NCC)NCC1(C)CCCO1. The Morgan fingerprint density at radius 1 is 1.23 bits per heavy atom. The Morgan fingerprint density at radius 3 is 2.45 bits per heavy atom. The molecule has 1 amide bonds. The highest BCUT2D eigenvalue weighted by molar-refractivity contribution is 5.83. The minimum atomic E-state index is -0.522. The van der Waals surface area contributed by atoms with E-state index < -0.39 is 5.41 Å². The molecule has 0 spiro atoms. The lowest BCUT2D eigenvalue weighted by Gasteiger charge is -2.26. The Hall–Kier alpha value is -1.30. The number of aliphatic imine (C=N–C) groups is 1. The van der Waals surface area contributed by atoms with Crippen molar-refractivity contribution in [1.29, 1.82) is 0 Å². The molecule has 0 bridgehead atoms. The Balaban J connectivity index is 2.59. The highest BCUT2D eigenvalue weighted by Crippen LogP contribution is 2.23. The molecule has 22 heavy (non-hydrogen) atoms. The van der Waals surface area contributed by atoms with E-state index in [0.29, 0.717) is 13.1 Å². The molecule has 128 valence electrons. The van der Waals surface area contributed by atoms with Gasteiger partial charge < -0.3 is 20.7 Å². The van der Waals surface area contributed by atoms with Crippen LogP contribution in [-0.4, -0.2) is 50.3 Å². The van der Waals surface area contributed by atoms with Gasteiger partial charge in [0.25, 0.3) is 0 Å². The first kappa shape index (κ1) is 18.7. The van der Waals surface area contributed by atoms with Crippen LogP contribution in [0.2, 0.25) is 0 Å². The number of hydrogen-bond donors (Lipinski definition) is 3. The third-order valence-electron chi connectivity index (χ3n) is 3.86. The second kappa shape index (κ2) is 8.36. The number of hydrogen-bond acceptors (Lipinski definition) is 3. The average molecular weight is 312 g/mol. The first-order valence-electron chi connectivity index (χ1n) is 8.27. The summed E-state index contributed by atoms with van der Waals surface area (Å²) in [6.07, 6.45) is 2.17. The standard InChI is InChI=1S/C16H32N4O2/c1-6-17-13(21)15(3,4)11-19-14(18-7-2)20-12-16(5)9-8-10-22-16/h6-12H2,1-5H3,(H,17,21)(H2,18,19,20). The van der Waals surface area contributed by atoms with E-state index >= 15 is 0 Å². The lowest BCUT2D eigenvalue weighted by molar-refractivity contribution is -0.128. The largest absolute Gasteiger partial charge is 0.373 e. The molecule has 6 heteroatoms. The molecule has 0 radical (unpaired) electrons. The predicted molar refractivity (Wildman–Crippen MR) is 90.0 cm³/mol. The molecular formula is C16H32N4O2. The number of carbonyl (C=O) groups excluding carboxylic acids is 1. The molecule has 0 aromatic carbocycles. The number of amides is 1. The second-order valence-electron chi connectivity index (χ2n) is 6.69. The maximum atomic E-state index is 12.0. The molecule has 1 fully saturated rings. The summed E-state index contributed by atoms with van der Waals surface area (Å²) in [6.45, 7) is 13.3. The summed E-state index contributed by atoms with van der Waals surface area (Å²) in [4.78, 5) is 16.6. The quantitative estimate of drug-likeness (QED) is 0.489. The molecule has 1 atom stereocenters. The van der Waals surface area contributed by atoms with Crippen LogP contribution in [0.1, 0.15) is 47.5 Å². The van der Waals surface area contributed by atoms with E-state index in [1.165, 1.54) is 0 Å². The van der Waals surface area contributed by atoms with Crippen LogP contribution in [0.3, 0.4) is 0 Å². The zero-order valence-electron chi connectivity index (χ0n) is 14.7. The highest BCUT2D eigenvalue weighted by Gasteiger charge is 2.30. The van der Waals surface area contributed by atoms with E-state index in [2.05, 4.69) is 27.9 Å². The monoisotopic (exact) mass is 312 g/mol. The molecule has 1 saturated heterocycles. The summed E-state index contributed by atoms with van der Waals surface area (Å²) in [5.74, 6) is 0.761. The number of carbonyl (C=O) groups is 1. The summed E-state index contributed by atoms with van der Waals surface area (Å²) in [6, 6.07) is 0. The zero-order chi connectivity index (χ0) is 16.6. The molecule has 3 N–H and O–H groups in total. The minimum Gasteiger partial charge on any atom is -0.373 e. The van der Waals surface area contributed by atoms with Gasteiger partial charge in [-0.1, -0.05) is 0 Å².